The smallest absolute Gasteiger partial charge is 0.287 e. The van der Waals surface area contributed by atoms with Crippen LogP contribution in [0.5, 0.6) is 0 Å². The molecule has 13 heavy (non-hydrogen) atoms. The minimum Gasteiger partial charge on any atom is -0.346 e. The second-order valence-electron chi connectivity index (χ2n) is 4.31. The van der Waals surface area contributed by atoms with E-state index in [9.17, 15) is 9.59 Å². The molecule has 0 aromatic heterocycles. The van der Waals surface area contributed by atoms with Crippen molar-refractivity contribution in [3.63, 3.8) is 0 Å². The van der Waals surface area contributed by atoms with Gasteiger partial charge in [-0.3, -0.25) is 9.59 Å². The molecule has 2 aliphatic rings. The maximum absolute atomic E-state index is 11.1. The lowest BCUT2D eigenvalue weighted by molar-refractivity contribution is -0.137. The minimum atomic E-state index is -0.405. The van der Waals surface area contributed by atoms with Crippen LogP contribution in [0.3, 0.4) is 0 Å². The molecule has 0 aromatic carbocycles. The number of nitrogens with one attached hydrogen (secondary N) is 1. The molecule has 3 atom stereocenters. The number of ketones is 1. The van der Waals surface area contributed by atoms with Gasteiger partial charge >= 0.3 is 0 Å². The van der Waals surface area contributed by atoms with Crippen LogP contribution in [-0.2, 0) is 9.59 Å². The molecular weight excluding hydrogens is 166 g/mol. The quantitative estimate of drug-likeness (QED) is 0.643. The van der Waals surface area contributed by atoms with E-state index < -0.39 is 5.91 Å². The number of rotatable bonds is 2. The first-order chi connectivity index (χ1) is 6.16. The Hall–Kier alpha value is -0.860. The lowest BCUT2D eigenvalue weighted by Gasteiger charge is -2.21. The third-order valence-corrected chi connectivity index (χ3v) is 3.37. The molecule has 0 aromatic rings. The Morgan fingerprint density at radius 1 is 1.23 bits per heavy atom. The Morgan fingerprint density at radius 3 is 2.46 bits per heavy atom. The van der Waals surface area contributed by atoms with Gasteiger partial charge in [0.15, 0.2) is 0 Å². The molecule has 0 aliphatic heterocycles. The molecule has 0 spiro atoms. The van der Waals surface area contributed by atoms with E-state index in [0.29, 0.717) is 5.92 Å². The largest absolute Gasteiger partial charge is 0.346 e. The van der Waals surface area contributed by atoms with Gasteiger partial charge in [0.05, 0.1) is 0 Å². The van der Waals surface area contributed by atoms with Crippen molar-refractivity contribution >= 4 is 11.7 Å². The number of hydrogen-bond donors (Lipinski definition) is 1. The molecule has 1 N–H and O–H groups in total. The van der Waals surface area contributed by atoms with Crippen molar-refractivity contribution < 1.29 is 9.59 Å². The fourth-order valence-electron chi connectivity index (χ4n) is 2.69. The van der Waals surface area contributed by atoms with E-state index in [2.05, 4.69) is 5.32 Å². The van der Waals surface area contributed by atoms with Gasteiger partial charge in [0, 0.05) is 13.0 Å². The molecule has 3 unspecified atom stereocenters. The van der Waals surface area contributed by atoms with E-state index in [1.165, 1.54) is 26.2 Å². The van der Waals surface area contributed by atoms with E-state index in [0.717, 1.165) is 12.3 Å². The fraction of sp³-hybridized carbons (Fsp3) is 0.800. The highest BCUT2D eigenvalue weighted by Crippen LogP contribution is 2.44. The van der Waals surface area contributed by atoms with E-state index in [-0.39, 0.29) is 11.8 Å². The molecule has 2 bridgehead atoms. The lowest BCUT2D eigenvalue weighted by atomic mass is 9.95. The Morgan fingerprint density at radius 2 is 2.00 bits per heavy atom. The summed E-state index contributed by atoms with van der Waals surface area (Å²) in [5.74, 6) is 0.677. The van der Waals surface area contributed by atoms with Crippen molar-refractivity contribution in [2.75, 3.05) is 0 Å². The maximum Gasteiger partial charge on any atom is 0.287 e. The third-order valence-electron chi connectivity index (χ3n) is 3.37. The van der Waals surface area contributed by atoms with Crippen LogP contribution in [0, 0.1) is 11.8 Å². The zero-order valence-electron chi connectivity index (χ0n) is 7.88. The Kier molecular flexibility index (Phi) is 2.10. The highest BCUT2D eigenvalue weighted by Gasteiger charge is 2.40. The molecule has 2 rings (SSSR count). The van der Waals surface area contributed by atoms with Gasteiger partial charge < -0.3 is 5.32 Å². The zero-order chi connectivity index (χ0) is 9.42. The fourth-order valence-corrected chi connectivity index (χ4v) is 2.69. The number of carbonyl (C=O) groups is 2. The van der Waals surface area contributed by atoms with E-state index in [1.54, 1.807) is 0 Å². The molecule has 0 saturated heterocycles. The Balaban J connectivity index is 1.90. The topological polar surface area (TPSA) is 46.2 Å². The Labute approximate surface area is 77.9 Å². The second-order valence-corrected chi connectivity index (χ2v) is 4.31. The summed E-state index contributed by atoms with van der Waals surface area (Å²) in [5.41, 5.74) is 0. The average molecular weight is 181 g/mol. The van der Waals surface area contributed by atoms with Crippen molar-refractivity contribution in [3.05, 3.63) is 0 Å². The summed E-state index contributed by atoms with van der Waals surface area (Å²) in [6.07, 6.45) is 4.89. The maximum atomic E-state index is 11.1. The molecule has 72 valence electrons. The van der Waals surface area contributed by atoms with Gasteiger partial charge in [0.1, 0.15) is 0 Å². The van der Waals surface area contributed by atoms with Crippen LogP contribution in [0.4, 0.5) is 0 Å². The molecule has 3 nitrogen and oxygen atoms in total. The minimum absolute atomic E-state index is 0.287. The van der Waals surface area contributed by atoms with Gasteiger partial charge in [-0.1, -0.05) is 6.42 Å². The van der Waals surface area contributed by atoms with Crippen LogP contribution in [0.15, 0.2) is 0 Å². The van der Waals surface area contributed by atoms with Crippen LogP contribution in [0.25, 0.3) is 0 Å². The van der Waals surface area contributed by atoms with E-state index >= 15 is 0 Å². The number of fused-ring (bicyclic) bond motifs is 2. The first-order valence-corrected chi connectivity index (χ1v) is 4.98. The molecular formula is C10H15NO2. The van der Waals surface area contributed by atoms with Crippen molar-refractivity contribution in [2.45, 2.75) is 38.6 Å². The number of Topliss-reactive ketones (excluding diaryl/α,β-unsaturated/α-hetero) is 1. The first-order valence-electron chi connectivity index (χ1n) is 4.98. The predicted octanol–water partition coefficient (Wildman–Crippen LogP) is 0.880. The Bertz CT molecular complexity index is 249. The normalized spacial score (nSPS) is 36.2. The van der Waals surface area contributed by atoms with Gasteiger partial charge in [-0.15, -0.1) is 0 Å². The van der Waals surface area contributed by atoms with Gasteiger partial charge in [-0.2, -0.15) is 0 Å². The second kappa shape index (κ2) is 3.13. The summed E-state index contributed by atoms with van der Waals surface area (Å²) in [6, 6.07) is 0.287. The molecule has 3 heteroatoms. The van der Waals surface area contributed by atoms with Crippen molar-refractivity contribution in [3.8, 4) is 0 Å². The van der Waals surface area contributed by atoms with E-state index in [1.807, 2.05) is 0 Å². The SMILES string of the molecule is CC(=O)C(=O)NC1CC2CCC1C2. The molecule has 0 heterocycles. The summed E-state index contributed by atoms with van der Waals surface area (Å²) in [6.45, 7) is 1.32. The monoisotopic (exact) mass is 181 g/mol. The van der Waals surface area contributed by atoms with Crippen molar-refractivity contribution in [1.29, 1.82) is 0 Å². The first kappa shape index (κ1) is 8.73. The highest BCUT2D eigenvalue weighted by molar-refractivity contribution is 6.35. The van der Waals surface area contributed by atoms with Crippen LogP contribution in [-0.4, -0.2) is 17.7 Å². The van der Waals surface area contributed by atoms with Crippen molar-refractivity contribution in [2.24, 2.45) is 11.8 Å². The molecule has 2 saturated carbocycles. The summed E-state index contributed by atoms with van der Waals surface area (Å²) < 4.78 is 0. The van der Waals surface area contributed by atoms with Crippen LogP contribution in [0.2, 0.25) is 0 Å². The summed E-state index contributed by atoms with van der Waals surface area (Å²) in [4.78, 5) is 21.8. The predicted molar refractivity (Wildman–Crippen MR) is 48.1 cm³/mol. The van der Waals surface area contributed by atoms with Crippen LogP contribution in [0.1, 0.15) is 32.6 Å². The lowest BCUT2D eigenvalue weighted by Crippen LogP contribution is -2.41. The number of amides is 1. The molecule has 0 radical (unpaired) electrons. The van der Waals surface area contributed by atoms with Crippen LogP contribution < -0.4 is 5.32 Å². The van der Waals surface area contributed by atoms with Gasteiger partial charge in [0.2, 0.25) is 5.78 Å². The standard InChI is InChI=1S/C10H15NO2/c1-6(12)10(13)11-9-5-7-2-3-8(9)4-7/h7-9H,2-5H2,1H3,(H,11,13). The van der Waals surface area contributed by atoms with E-state index in [4.69, 9.17) is 0 Å². The summed E-state index contributed by atoms with van der Waals surface area (Å²) in [7, 11) is 0. The average Bonchev–Trinajstić information content (AvgIpc) is 2.64. The van der Waals surface area contributed by atoms with Gasteiger partial charge in [-0.25, -0.2) is 0 Å². The van der Waals surface area contributed by atoms with Crippen molar-refractivity contribution in [1.82, 2.24) is 5.32 Å². The molecule has 1 amide bonds. The number of carbonyl (C=O) groups excluding carboxylic acids is 2. The van der Waals surface area contributed by atoms with Crippen LogP contribution >= 0.6 is 0 Å². The molecule has 2 aliphatic carbocycles. The number of hydrogen-bond acceptors (Lipinski definition) is 2. The summed E-state index contributed by atoms with van der Waals surface area (Å²) in [5, 5.41) is 2.82. The summed E-state index contributed by atoms with van der Waals surface area (Å²) >= 11 is 0. The van der Waals surface area contributed by atoms with Gasteiger partial charge in [-0.05, 0) is 31.1 Å². The highest BCUT2D eigenvalue weighted by atomic mass is 16.2. The molecule has 2 fully saturated rings. The van der Waals surface area contributed by atoms with Gasteiger partial charge in [0.25, 0.3) is 5.91 Å². The third kappa shape index (κ3) is 1.60. The zero-order valence-corrected chi connectivity index (χ0v) is 7.88.